The first-order valence-corrected chi connectivity index (χ1v) is 1.77. The third-order valence-electron chi connectivity index (χ3n) is 0.201. The molecule has 0 rings (SSSR count). The van der Waals surface area contributed by atoms with Crippen LogP contribution in [-0.2, 0) is 26.5 Å². The predicted molar refractivity (Wildman–Crippen MR) is 26.7 cm³/mol. The second kappa shape index (κ2) is 10.2. The van der Waals surface area contributed by atoms with Gasteiger partial charge in [0.1, 0.15) is 0 Å². The summed E-state index contributed by atoms with van der Waals surface area (Å²) in [6.45, 7) is 3.19. The molecule has 0 atom stereocenters. The van der Waals surface area contributed by atoms with Crippen molar-refractivity contribution in [3.05, 3.63) is 12.7 Å². The Balaban J connectivity index is -0.0000000800. The van der Waals surface area contributed by atoms with Gasteiger partial charge in [-0.1, -0.05) is 6.58 Å². The summed E-state index contributed by atoms with van der Waals surface area (Å²) >= 11 is 1.98. The molecule has 1 nitrogen and oxygen atoms in total. The van der Waals surface area contributed by atoms with Gasteiger partial charge in [-0.25, -0.2) is 0 Å². The largest absolute Gasteiger partial charge is 0.319 e. The van der Waals surface area contributed by atoms with Gasteiger partial charge in [-0.2, -0.15) is 0 Å². The summed E-state index contributed by atoms with van der Waals surface area (Å²) < 4.78 is -0.0648. The van der Waals surface area contributed by atoms with E-state index in [0.29, 0.717) is 0 Å². The molecule has 0 heterocycles. The molecule has 7 heavy (non-hydrogen) atoms. The fourth-order valence-electron chi connectivity index (χ4n) is 0. The Labute approximate surface area is 77.0 Å². The van der Waals surface area contributed by atoms with Crippen molar-refractivity contribution in [1.82, 2.24) is 0 Å². The molecule has 0 aromatic heterocycles. The van der Waals surface area contributed by atoms with Gasteiger partial charge in [0.2, 0.25) is 16.3 Å². The van der Waals surface area contributed by atoms with Crippen molar-refractivity contribution in [3.8, 4) is 0 Å². The van der Waals surface area contributed by atoms with Crippen LogP contribution >= 0.6 is 0 Å². The normalized spacial score (nSPS) is 4.57. The third-order valence-corrected chi connectivity index (χ3v) is 0.437. The first-order chi connectivity index (χ1) is 2.27. The first kappa shape index (κ1) is 15.7. The zero-order chi connectivity index (χ0) is 4.28. The van der Waals surface area contributed by atoms with E-state index in [-0.39, 0.29) is 43.7 Å². The molecule has 31 valence electrons. The maximum Gasteiger partial charge on any atom is 0.249 e. The van der Waals surface area contributed by atoms with Crippen LogP contribution in [0.3, 0.4) is 0 Å². The van der Waals surface area contributed by atoms with Crippen molar-refractivity contribution >= 4 is 38.3 Å². The van der Waals surface area contributed by atoms with Crippen molar-refractivity contribution in [3.63, 3.8) is 0 Å². The zero-order valence-corrected chi connectivity index (χ0v) is 7.72. The minimum Gasteiger partial charge on any atom is -0.319 e. The fraction of sp³-hybridized carbons (Fsp3) is 0. The Bertz CT molecular complexity index is 64.0. The maximum absolute atomic E-state index is 9.66. The van der Waals surface area contributed by atoms with E-state index in [9.17, 15) is 4.79 Å². The van der Waals surface area contributed by atoms with E-state index in [2.05, 4.69) is 6.58 Å². The van der Waals surface area contributed by atoms with Gasteiger partial charge in [-0.15, -0.1) is 0 Å². The third kappa shape index (κ3) is 19.0. The second-order valence-electron chi connectivity index (χ2n) is 0.606. The van der Waals surface area contributed by atoms with Gasteiger partial charge in [0, 0.05) is 43.7 Å². The second-order valence-corrected chi connectivity index (χ2v) is 1.18. The van der Waals surface area contributed by atoms with Crippen LogP contribution in [0.2, 0.25) is 0 Å². The molecule has 0 N–H and O–H groups in total. The minimum absolute atomic E-state index is 0. The van der Waals surface area contributed by atoms with E-state index < -0.39 is 0 Å². The van der Waals surface area contributed by atoms with Crippen LogP contribution in [0.4, 0.5) is 0 Å². The van der Waals surface area contributed by atoms with E-state index in [1.165, 1.54) is 6.08 Å². The Morgan fingerprint density at radius 2 is 1.86 bits per heavy atom. The van der Waals surface area contributed by atoms with Gasteiger partial charge >= 0.3 is 0 Å². The Morgan fingerprint density at radius 3 is 1.86 bits per heavy atom. The minimum atomic E-state index is -0.0648. The van der Waals surface area contributed by atoms with E-state index >= 15 is 0 Å². The molecule has 5 radical (unpaired) electrons. The number of hydrogen-bond acceptors (Lipinski definition) is 1. The van der Waals surface area contributed by atoms with E-state index in [4.69, 9.17) is 0 Å². The summed E-state index contributed by atoms with van der Waals surface area (Å²) in [5.41, 5.74) is 0. The summed E-state index contributed by atoms with van der Waals surface area (Å²) in [4.78, 5) is 9.66. The maximum atomic E-state index is 9.66. The van der Waals surface area contributed by atoms with Gasteiger partial charge in [0.15, 0.2) is 0 Å². The first-order valence-electron chi connectivity index (χ1n) is 1.19. The molecule has 0 amide bonds. The van der Waals surface area contributed by atoms with Crippen molar-refractivity contribution in [1.29, 1.82) is 0 Å². The van der Waals surface area contributed by atoms with E-state index in [1.54, 1.807) is 0 Å². The number of rotatable bonds is 1. The van der Waals surface area contributed by atoms with Crippen LogP contribution in [0.5, 0.6) is 0 Å². The van der Waals surface area contributed by atoms with Crippen LogP contribution in [0.15, 0.2) is 12.7 Å². The van der Waals surface area contributed by atoms with E-state index in [0.717, 1.165) is 0 Å². The summed E-state index contributed by atoms with van der Waals surface area (Å²) in [6.07, 6.45) is 1.24. The molecule has 0 aliphatic rings. The average Bonchev–Trinajstić information content (AvgIpc) is 1.38. The molecule has 0 spiro atoms. The number of allylic oxidation sites excluding steroid dienone is 1. The summed E-state index contributed by atoms with van der Waals surface area (Å²) in [5.74, 6) is 0. The molecule has 0 aliphatic carbocycles. The molecule has 4 heteroatoms. The van der Waals surface area contributed by atoms with Crippen molar-refractivity contribution < 1.29 is 26.5 Å². The van der Waals surface area contributed by atoms with Gasteiger partial charge < -0.3 is 4.79 Å². The van der Waals surface area contributed by atoms with Crippen LogP contribution in [0, 0.1) is 0 Å². The Kier molecular flexibility index (Phi) is 23.0. The van der Waals surface area contributed by atoms with Crippen LogP contribution in [-0.4, -0.2) is 38.3 Å². The standard InChI is InChI=1S/C3H3O.2Al.Ti/c1-2-3-4;;;/h2H,1H2;;;. The molecule has 0 saturated carbocycles. The van der Waals surface area contributed by atoms with Gasteiger partial charge in [0.25, 0.3) is 0 Å². The van der Waals surface area contributed by atoms with Crippen molar-refractivity contribution in [2.75, 3.05) is 0 Å². The molecule has 0 aromatic carbocycles. The Morgan fingerprint density at radius 1 is 1.71 bits per heavy atom. The summed E-state index contributed by atoms with van der Waals surface area (Å²) in [6, 6.07) is 0. The summed E-state index contributed by atoms with van der Waals surface area (Å²) in [5, 5.41) is 0. The van der Waals surface area contributed by atoms with Crippen molar-refractivity contribution in [2.45, 2.75) is 0 Å². The van der Waals surface area contributed by atoms with E-state index in [1.807, 2.05) is 16.3 Å². The zero-order valence-electron chi connectivity index (χ0n) is 3.85. The number of hydrogen-bond donors (Lipinski definition) is 0. The molecular weight excluding hydrogens is 154 g/mol. The Hall–Kier alpha value is 1.19. The number of carbonyl (C=O) groups is 1. The molecule has 0 bridgehead atoms. The van der Waals surface area contributed by atoms with Crippen LogP contribution < -0.4 is 0 Å². The van der Waals surface area contributed by atoms with Crippen LogP contribution in [0.25, 0.3) is 0 Å². The fourth-order valence-corrected chi connectivity index (χ4v) is 0. The topological polar surface area (TPSA) is 17.1 Å². The molecule has 0 saturated heterocycles. The molecule has 0 aliphatic heterocycles. The monoisotopic (exact) mass is 157 g/mol. The molecule has 0 fully saturated rings. The SMILES string of the molecule is C=C[C](=O)[Al].[Al].[Ti]. The van der Waals surface area contributed by atoms with Crippen molar-refractivity contribution in [2.24, 2.45) is 0 Å². The summed E-state index contributed by atoms with van der Waals surface area (Å²) in [7, 11) is 0. The van der Waals surface area contributed by atoms with Crippen LogP contribution in [0.1, 0.15) is 0 Å². The van der Waals surface area contributed by atoms with Gasteiger partial charge in [-0.3, -0.25) is 0 Å². The average molecular weight is 157 g/mol. The quantitative estimate of drug-likeness (QED) is 0.369. The van der Waals surface area contributed by atoms with Gasteiger partial charge in [0.05, 0.1) is 0 Å². The smallest absolute Gasteiger partial charge is 0.249 e. The molecular formula is C3H3Al2OTi. The molecule has 0 unspecified atom stereocenters. The van der Waals surface area contributed by atoms with Gasteiger partial charge in [-0.05, 0) is 6.08 Å². The predicted octanol–water partition coefficient (Wildman–Crippen LogP) is -0.516. The molecule has 0 aromatic rings. The number of carbonyl (C=O) groups excluding carboxylic acids is 1.